The van der Waals surface area contributed by atoms with Gasteiger partial charge in [0.2, 0.25) is 0 Å². The number of nitrogens with one attached hydrogen (secondary N) is 1. The van der Waals surface area contributed by atoms with Crippen LogP contribution in [0.1, 0.15) is 24.2 Å². The highest BCUT2D eigenvalue weighted by Gasteiger charge is 2.33. The van der Waals surface area contributed by atoms with Gasteiger partial charge in [-0.25, -0.2) is 23.1 Å². The Morgan fingerprint density at radius 3 is 2.78 bits per heavy atom. The van der Waals surface area contributed by atoms with Gasteiger partial charge in [0.05, 0.1) is 0 Å². The summed E-state index contributed by atoms with van der Waals surface area (Å²) in [5.74, 6) is 1.52. The second-order valence-electron chi connectivity index (χ2n) is 5.83. The van der Waals surface area contributed by atoms with Gasteiger partial charge in [-0.1, -0.05) is 0 Å². The first kappa shape index (κ1) is 16.2. The van der Waals surface area contributed by atoms with E-state index in [1.165, 1.54) is 6.20 Å². The molecule has 2 aromatic heterocycles. The second kappa shape index (κ2) is 6.06. The average Bonchev–Trinajstić information content (AvgIpc) is 3.18. The van der Waals surface area contributed by atoms with E-state index in [9.17, 15) is 8.42 Å². The lowest BCUT2D eigenvalue weighted by Gasteiger charge is -2.18. The van der Waals surface area contributed by atoms with Crippen LogP contribution in [0.5, 0.6) is 0 Å². The van der Waals surface area contributed by atoms with Crippen LogP contribution in [-0.2, 0) is 28.9 Å². The fourth-order valence-electron chi connectivity index (χ4n) is 2.73. The fourth-order valence-corrected chi connectivity index (χ4v) is 3.86. The molecular formula is C14H21N5O3S. The number of aryl methyl sites for hydroxylation is 3. The van der Waals surface area contributed by atoms with E-state index in [0.717, 1.165) is 12.2 Å². The fraction of sp³-hybridized carbons (Fsp3) is 0.571. The second-order valence-corrected chi connectivity index (χ2v) is 7.54. The van der Waals surface area contributed by atoms with Crippen molar-refractivity contribution in [2.75, 3.05) is 13.2 Å². The highest BCUT2D eigenvalue weighted by molar-refractivity contribution is 7.89. The van der Waals surface area contributed by atoms with Crippen LogP contribution in [0.2, 0.25) is 0 Å². The maximum Gasteiger partial charge on any atom is 0.259 e. The number of nitrogens with zero attached hydrogens (tertiary/aromatic N) is 4. The quantitative estimate of drug-likeness (QED) is 0.857. The number of aromatic nitrogens is 4. The summed E-state index contributed by atoms with van der Waals surface area (Å²) in [6.45, 7) is 2.67. The minimum atomic E-state index is -3.62. The third-order valence-corrected chi connectivity index (χ3v) is 5.52. The molecule has 8 nitrogen and oxygen atoms in total. The molecule has 0 bridgehead atoms. The predicted octanol–water partition coefficient (Wildman–Crippen LogP) is 0.518. The van der Waals surface area contributed by atoms with Crippen LogP contribution in [0.15, 0.2) is 23.6 Å². The van der Waals surface area contributed by atoms with Crippen LogP contribution in [0.3, 0.4) is 0 Å². The Morgan fingerprint density at radius 2 is 2.17 bits per heavy atom. The van der Waals surface area contributed by atoms with E-state index in [0.29, 0.717) is 19.0 Å². The summed E-state index contributed by atoms with van der Waals surface area (Å²) in [6, 6.07) is 0. The lowest BCUT2D eigenvalue weighted by atomic mass is 10.0. The zero-order valence-corrected chi connectivity index (χ0v) is 14.2. The molecule has 0 aromatic carbocycles. The van der Waals surface area contributed by atoms with Crippen LogP contribution in [0, 0.1) is 12.8 Å². The van der Waals surface area contributed by atoms with Gasteiger partial charge < -0.3 is 13.9 Å². The van der Waals surface area contributed by atoms with Gasteiger partial charge in [-0.05, 0) is 13.3 Å². The molecule has 0 unspecified atom stereocenters. The molecule has 0 spiro atoms. The van der Waals surface area contributed by atoms with Crippen LogP contribution in [0.25, 0.3) is 0 Å². The first-order chi connectivity index (χ1) is 10.9. The van der Waals surface area contributed by atoms with Gasteiger partial charge in [-0.3, -0.25) is 0 Å². The first-order valence-electron chi connectivity index (χ1n) is 7.47. The van der Waals surface area contributed by atoms with Crippen molar-refractivity contribution in [1.29, 1.82) is 0 Å². The average molecular weight is 339 g/mol. The summed E-state index contributed by atoms with van der Waals surface area (Å²) in [4.78, 5) is 8.39. The van der Waals surface area contributed by atoms with Gasteiger partial charge in [0, 0.05) is 51.8 Å². The molecule has 2 atom stereocenters. The Bertz CT molecular complexity index is 776. The lowest BCUT2D eigenvalue weighted by molar-refractivity contribution is 0.0823. The summed E-state index contributed by atoms with van der Waals surface area (Å²) in [5, 5.41) is 0.0463. The van der Waals surface area contributed by atoms with Gasteiger partial charge in [0.1, 0.15) is 17.8 Å². The van der Waals surface area contributed by atoms with Crippen LogP contribution in [0.4, 0.5) is 0 Å². The first-order valence-corrected chi connectivity index (χ1v) is 8.95. The minimum absolute atomic E-state index is 0.0463. The van der Waals surface area contributed by atoms with Gasteiger partial charge in [-0.15, -0.1) is 0 Å². The molecule has 1 aliphatic rings. The molecule has 1 N–H and O–H groups in total. The number of rotatable bonds is 5. The van der Waals surface area contributed by atoms with E-state index in [-0.39, 0.29) is 17.0 Å². The van der Waals surface area contributed by atoms with Crippen LogP contribution >= 0.6 is 0 Å². The largest absolute Gasteiger partial charge is 0.370 e. The number of hydrogen-bond donors (Lipinski definition) is 1. The molecule has 3 heterocycles. The normalized spacial score (nSPS) is 21.9. The molecule has 2 aromatic rings. The molecule has 0 saturated carbocycles. The molecule has 3 rings (SSSR count). The summed E-state index contributed by atoms with van der Waals surface area (Å²) in [7, 11) is 0.0553. The van der Waals surface area contributed by atoms with Gasteiger partial charge in [0.25, 0.3) is 10.0 Å². The molecule has 126 valence electrons. The Labute approximate surface area is 135 Å². The smallest absolute Gasteiger partial charge is 0.259 e. The SMILES string of the molecule is Cc1nc(S(=O)(=O)NC[C@@H]2CCO[C@H]2c2nccn2C)cn1C. The third kappa shape index (κ3) is 3.17. The molecule has 0 amide bonds. The highest BCUT2D eigenvalue weighted by atomic mass is 32.2. The number of imidazole rings is 2. The molecule has 23 heavy (non-hydrogen) atoms. The molecule has 0 aliphatic carbocycles. The van der Waals surface area contributed by atoms with Crippen molar-refractivity contribution in [1.82, 2.24) is 23.8 Å². The number of sulfonamides is 1. The molecule has 1 fully saturated rings. The topological polar surface area (TPSA) is 91.0 Å². The number of ether oxygens (including phenoxy) is 1. The van der Waals surface area contributed by atoms with E-state index in [4.69, 9.17) is 4.74 Å². The molecule has 1 aliphatic heterocycles. The molecule has 0 radical (unpaired) electrons. The third-order valence-electron chi connectivity index (χ3n) is 4.22. The van der Waals surface area contributed by atoms with E-state index < -0.39 is 10.0 Å². The zero-order valence-electron chi connectivity index (χ0n) is 13.4. The van der Waals surface area contributed by atoms with Gasteiger partial charge in [-0.2, -0.15) is 0 Å². The molecule has 1 saturated heterocycles. The Balaban J connectivity index is 1.71. The Hall–Kier alpha value is -1.71. The Morgan fingerprint density at radius 1 is 1.39 bits per heavy atom. The van der Waals surface area contributed by atoms with E-state index in [1.807, 2.05) is 17.8 Å². The Kier molecular flexibility index (Phi) is 4.26. The minimum Gasteiger partial charge on any atom is -0.370 e. The van der Waals surface area contributed by atoms with Gasteiger partial charge in [0.15, 0.2) is 5.03 Å². The monoisotopic (exact) mass is 339 g/mol. The molecule has 9 heteroatoms. The van der Waals surface area contributed by atoms with Crippen molar-refractivity contribution in [2.24, 2.45) is 20.0 Å². The predicted molar refractivity (Wildman–Crippen MR) is 83.1 cm³/mol. The van der Waals surface area contributed by atoms with Crippen molar-refractivity contribution in [3.63, 3.8) is 0 Å². The van der Waals surface area contributed by atoms with Crippen molar-refractivity contribution in [3.05, 3.63) is 30.2 Å². The van der Waals surface area contributed by atoms with Crippen LogP contribution in [-0.4, -0.2) is 40.7 Å². The van der Waals surface area contributed by atoms with Crippen molar-refractivity contribution < 1.29 is 13.2 Å². The van der Waals surface area contributed by atoms with E-state index in [2.05, 4.69) is 14.7 Å². The summed E-state index contributed by atoms with van der Waals surface area (Å²) in [5.41, 5.74) is 0. The van der Waals surface area contributed by atoms with Crippen molar-refractivity contribution >= 4 is 10.0 Å². The van der Waals surface area contributed by atoms with Crippen molar-refractivity contribution in [3.8, 4) is 0 Å². The lowest BCUT2D eigenvalue weighted by Crippen LogP contribution is -2.31. The maximum absolute atomic E-state index is 12.4. The highest BCUT2D eigenvalue weighted by Crippen LogP contribution is 2.33. The van der Waals surface area contributed by atoms with E-state index in [1.54, 1.807) is 24.7 Å². The van der Waals surface area contributed by atoms with Crippen molar-refractivity contribution in [2.45, 2.75) is 24.5 Å². The van der Waals surface area contributed by atoms with Crippen LogP contribution < -0.4 is 4.72 Å². The zero-order chi connectivity index (χ0) is 16.6. The summed E-state index contributed by atoms with van der Waals surface area (Å²) < 4.78 is 36.7. The summed E-state index contributed by atoms with van der Waals surface area (Å²) in [6.07, 6.45) is 5.69. The maximum atomic E-state index is 12.4. The number of hydrogen-bond acceptors (Lipinski definition) is 5. The molecular weight excluding hydrogens is 318 g/mol. The van der Waals surface area contributed by atoms with E-state index >= 15 is 0 Å². The van der Waals surface area contributed by atoms with Gasteiger partial charge >= 0.3 is 0 Å². The standard InChI is InChI=1S/C14H21N5O3S/c1-10-17-12(9-19(10)3)23(20,21)16-8-11-4-7-22-13(11)14-15-5-6-18(14)2/h5-6,9,11,13,16H,4,7-8H2,1-3H3/t11-,13+/m0/s1. The summed E-state index contributed by atoms with van der Waals surface area (Å²) >= 11 is 0.